The summed E-state index contributed by atoms with van der Waals surface area (Å²) in [6.07, 6.45) is 4.32. The Morgan fingerprint density at radius 2 is 2.12 bits per heavy atom. The van der Waals surface area contributed by atoms with Gasteiger partial charge in [0.05, 0.1) is 0 Å². The summed E-state index contributed by atoms with van der Waals surface area (Å²) in [7, 11) is 1.83. The Morgan fingerprint density at radius 1 is 1.44 bits per heavy atom. The van der Waals surface area contributed by atoms with Gasteiger partial charge >= 0.3 is 0 Å². The summed E-state index contributed by atoms with van der Waals surface area (Å²) >= 11 is 5.69. The minimum absolute atomic E-state index is 0.282. The molecule has 0 spiro atoms. The van der Waals surface area contributed by atoms with Gasteiger partial charge in [0.15, 0.2) is 0 Å². The van der Waals surface area contributed by atoms with Gasteiger partial charge in [0.2, 0.25) is 5.28 Å². The SMILES string of the molecule is CC.CNc1nc(Cl)ncc1CNC1CC1. The highest BCUT2D eigenvalue weighted by atomic mass is 35.5. The molecule has 1 aromatic heterocycles. The summed E-state index contributed by atoms with van der Waals surface area (Å²) in [5, 5.41) is 6.69. The predicted octanol–water partition coefficient (Wildman–Crippen LogP) is 2.45. The van der Waals surface area contributed by atoms with Gasteiger partial charge in [-0.15, -0.1) is 0 Å². The second-order valence-corrected chi connectivity index (χ2v) is 3.76. The van der Waals surface area contributed by atoms with Crippen LogP contribution < -0.4 is 10.6 Å². The average Bonchev–Trinajstić information content (AvgIpc) is 3.14. The number of aromatic nitrogens is 2. The molecule has 1 aliphatic carbocycles. The van der Waals surface area contributed by atoms with E-state index in [4.69, 9.17) is 11.6 Å². The fourth-order valence-corrected chi connectivity index (χ4v) is 1.41. The molecule has 4 nitrogen and oxygen atoms in total. The Bertz CT molecular complexity index is 326. The van der Waals surface area contributed by atoms with Gasteiger partial charge in [-0.3, -0.25) is 0 Å². The van der Waals surface area contributed by atoms with Crippen molar-refractivity contribution in [3.8, 4) is 0 Å². The van der Waals surface area contributed by atoms with Crippen LogP contribution in [0.2, 0.25) is 5.28 Å². The number of hydrogen-bond acceptors (Lipinski definition) is 4. The van der Waals surface area contributed by atoms with Crippen LogP contribution in [-0.2, 0) is 6.54 Å². The highest BCUT2D eigenvalue weighted by molar-refractivity contribution is 6.28. The summed E-state index contributed by atoms with van der Waals surface area (Å²) in [4.78, 5) is 8.05. The lowest BCUT2D eigenvalue weighted by Crippen LogP contribution is -2.17. The molecule has 1 heterocycles. The highest BCUT2D eigenvalue weighted by Crippen LogP contribution is 2.20. The highest BCUT2D eigenvalue weighted by Gasteiger charge is 2.20. The smallest absolute Gasteiger partial charge is 0.224 e. The number of anilines is 1. The molecule has 1 fully saturated rings. The molecule has 0 amide bonds. The van der Waals surface area contributed by atoms with Crippen LogP contribution in [0.25, 0.3) is 0 Å². The van der Waals surface area contributed by atoms with Crippen LogP contribution in [-0.4, -0.2) is 23.1 Å². The molecular formula is C11H19ClN4. The zero-order valence-corrected chi connectivity index (χ0v) is 10.8. The molecule has 1 saturated carbocycles. The average molecular weight is 243 g/mol. The maximum absolute atomic E-state index is 5.69. The summed E-state index contributed by atoms with van der Waals surface area (Å²) in [6.45, 7) is 4.80. The molecule has 0 radical (unpaired) electrons. The number of nitrogens with one attached hydrogen (secondary N) is 2. The van der Waals surface area contributed by atoms with E-state index in [2.05, 4.69) is 20.6 Å². The van der Waals surface area contributed by atoms with Crippen molar-refractivity contribution >= 4 is 17.4 Å². The molecule has 1 aliphatic rings. The zero-order valence-electron chi connectivity index (χ0n) is 10.0. The Kier molecular flexibility index (Phi) is 5.49. The molecule has 2 N–H and O–H groups in total. The van der Waals surface area contributed by atoms with E-state index in [9.17, 15) is 0 Å². The second-order valence-electron chi connectivity index (χ2n) is 3.42. The third-order valence-corrected chi connectivity index (χ3v) is 2.41. The fraction of sp³-hybridized carbons (Fsp3) is 0.636. The van der Waals surface area contributed by atoms with E-state index in [1.54, 1.807) is 6.20 Å². The molecule has 0 atom stereocenters. The summed E-state index contributed by atoms with van der Waals surface area (Å²) in [6, 6.07) is 0.690. The van der Waals surface area contributed by atoms with Crippen LogP contribution in [0.4, 0.5) is 5.82 Å². The lowest BCUT2D eigenvalue weighted by Gasteiger charge is -2.08. The van der Waals surface area contributed by atoms with Crippen molar-refractivity contribution in [3.63, 3.8) is 0 Å². The van der Waals surface area contributed by atoms with Gasteiger partial charge in [-0.05, 0) is 24.4 Å². The number of halogens is 1. The first-order valence-electron chi connectivity index (χ1n) is 5.72. The fourth-order valence-electron chi connectivity index (χ4n) is 1.27. The quantitative estimate of drug-likeness (QED) is 0.797. The molecule has 1 aromatic rings. The molecule has 0 aromatic carbocycles. The topological polar surface area (TPSA) is 49.8 Å². The molecular weight excluding hydrogens is 224 g/mol. The minimum atomic E-state index is 0.282. The van der Waals surface area contributed by atoms with E-state index in [0.29, 0.717) is 6.04 Å². The summed E-state index contributed by atoms with van der Waals surface area (Å²) in [5.74, 6) is 0.804. The molecule has 0 unspecified atom stereocenters. The van der Waals surface area contributed by atoms with Crippen molar-refractivity contribution in [1.82, 2.24) is 15.3 Å². The van der Waals surface area contributed by atoms with Crippen molar-refractivity contribution in [1.29, 1.82) is 0 Å². The first-order chi connectivity index (χ1) is 7.79. The summed E-state index contributed by atoms with van der Waals surface area (Å²) in [5.41, 5.74) is 1.06. The molecule has 0 aliphatic heterocycles. The van der Waals surface area contributed by atoms with Crippen molar-refractivity contribution in [2.75, 3.05) is 12.4 Å². The first-order valence-corrected chi connectivity index (χ1v) is 6.10. The molecule has 2 rings (SSSR count). The monoisotopic (exact) mass is 242 g/mol. The van der Waals surface area contributed by atoms with Crippen LogP contribution in [0, 0.1) is 0 Å². The van der Waals surface area contributed by atoms with Crippen molar-refractivity contribution < 1.29 is 0 Å². The van der Waals surface area contributed by atoms with Crippen molar-refractivity contribution in [3.05, 3.63) is 17.0 Å². The van der Waals surface area contributed by atoms with Gasteiger partial charge in [-0.1, -0.05) is 13.8 Å². The van der Waals surface area contributed by atoms with Gasteiger partial charge in [-0.25, -0.2) is 9.97 Å². The van der Waals surface area contributed by atoms with E-state index < -0.39 is 0 Å². The Balaban J connectivity index is 0.000000606. The second kappa shape index (κ2) is 6.66. The van der Waals surface area contributed by atoms with Gasteiger partial charge in [0, 0.05) is 31.4 Å². The van der Waals surface area contributed by atoms with Gasteiger partial charge in [0.25, 0.3) is 0 Å². The van der Waals surface area contributed by atoms with E-state index in [1.165, 1.54) is 12.8 Å². The van der Waals surface area contributed by atoms with Crippen LogP contribution in [0.3, 0.4) is 0 Å². The van der Waals surface area contributed by atoms with Gasteiger partial charge < -0.3 is 10.6 Å². The third-order valence-electron chi connectivity index (χ3n) is 2.23. The van der Waals surface area contributed by atoms with E-state index in [1.807, 2.05) is 20.9 Å². The lowest BCUT2D eigenvalue weighted by molar-refractivity contribution is 0.684. The van der Waals surface area contributed by atoms with Gasteiger partial charge in [-0.2, -0.15) is 0 Å². The van der Waals surface area contributed by atoms with Crippen molar-refractivity contribution in [2.45, 2.75) is 39.3 Å². The molecule has 0 bridgehead atoms. The normalized spacial score (nSPS) is 14.0. The molecule has 0 saturated heterocycles. The number of hydrogen-bond donors (Lipinski definition) is 2. The lowest BCUT2D eigenvalue weighted by atomic mass is 10.3. The van der Waals surface area contributed by atoms with Crippen LogP contribution in [0.15, 0.2) is 6.20 Å². The van der Waals surface area contributed by atoms with E-state index in [0.717, 1.165) is 17.9 Å². The van der Waals surface area contributed by atoms with E-state index in [-0.39, 0.29) is 5.28 Å². The molecule has 90 valence electrons. The van der Waals surface area contributed by atoms with Crippen LogP contribution >= 0.6 is 11.6 Å². The van der Waals surface area contributed by atoms with Crippen molar-refractivity contribution in [2.24, 2.45) is 0 Å². The van der Waals surface area contributed by atoms with Gasteiger partial charge in [0.1, 0.15) is 5.82 Å². The minimum Gasteiger partial charge on any atom is -0.373 e. The zero-order chi connectivity index (χ0) is 12.0. The largest absolute Gasteiger partial charge is 0.373 e. The first kappa shape index (κ1) is 13.2. The maximum atomic E-state index is 5.69. The predicted molar refractivity (Wildman–Crippen MR) is 67.8 cm³/mol. The number of nitrogens with zero attached hydrogens (tertiary/aromatic N) is 2. The van der Waals surface area contributed by atoms with Crippen LogP contribution in [0.1, 0.15) is 32.3 Å². The third kappa shape index (κ3) is 3.94. The molecule has 16 heavy (non-hydrogen) atoms. The Morgan fingerprint density at radius 3 is 2.69 bits per heavy atom. The Labute approximate surface area is 102 Å². The Hall–Kier alpha value is -0.870. The standard InChI is InChI=1S/C9H13ClN4.C2H6/c1-11-8-6(4-12-7-2-3-7)5-13-9(10)14-8;1-2/h5,7,12H,2-4H2,1H3,(H,11,13,14);1-2H3. The van der Waals surface area contributed by atoms with E-state index >= 15 is 0 Å². The number of rotatable bonds is 4. The molecule has 5 heteroatoms. The van der Waals surface area contributed by atoms with Crippen LogP contribution in [0.5, 0.6) is 0 Å². The summed E-state index contributed by atoms with van der Waals surface area (Å²) < 4.78 is 0. The maximum Gasteiger partial charge on any atom is 0.224 e.